The van der Waals surface area contributed by atoms with Gasteiger partial charge in [-0.05, 0) is 25.0 Å². The largest absolute Gasteiger partial charge is 0.497 e. The number of methoxy groups -OCH3 is 1. The van der Waals surface area contributed by atoms with Crippen molar-refractivity contribution in [2.45, 2.75) is 46.4 Å². The predicted molar refractivity (Wildman–Crippen MR) is 134 cm³/mol. The average molecular weight is 493 g/mol. The van der Waals surface area contributed by atoms with Gasteiger partial charge in [-0.3, -0.25) is 18.6 Å². The molecule has 4 aromatic heterocycles. The Bertz CT molecular complexity index is 1670. The lowest BCUT2D eigenvalue weighted by Gasteiger charge is -2.09. The zero-order chi connectivity index (χ0) is 25.4. The molecule has 0 spiro atoms. The van der Waals surface area contributed by atoms with E-state index < -0.39 is 0 Å². The number of aromatic nitrogens is 8. The first-order valence-corrected chi connectivity index (χ1v) is 11.9. The summed E-state index contributed by atoms with van der Waals surface area (Å²) in [6.45, 7) is 4.91. The van der Waals surface area contributed by atoms with E-state index >= 15 is 0 Å². The highest BCUT2D eigenvalue weighted by Crippen LogP contribution is 2.24. The molecule has 0 bridgehead atoms. The highest BCUT2D eigenvalue weighted by molar-refractivity contribution is 5.77. The number of aromatic amines is 2. The van der Waals surface area contributed by atoms with E-state index in [1.807, 2.05) is 32.0 Å². The monoisotopic (exact) mass is 492 g/mol. The molecule has 1 aromatic carbocycles. The SMILES string of the molecule is CCCn1c(=O)c2[nH]c(-c3cc(OCc4nc5ccc(OC)cc5[nH]4)nn3C)nc2n(CCC)c1=O. The Morgan fingerprint density at radius 2 is 1.78 bits per heavy atom. The number of fused-ring (bicyclic) bond motifs is 2. The van der Waals surface area contributed by atoms with Gasteiger partial charge >= 0.3 is 5.69 Å². The van der Waals surface area contributed by atoms with Crippen molar-refractivity contribution in [3.63, 3.8) is 0 Å². The summed E-state index contributed by atoms with van der Waals surface area (Å²) in [4.78, 5) is 41.4. The van der Waals surface area contributed by atoms with Crippen molar-refractivity contribution in [1.82, 2.24) is 38.9 Å². The molecule has 12 heteroatoms. The number of imidazole rings is 2. The second kappa shape index (κ2) is 9.36. The minimum Gasteiger partial charge on any atom is -0.497 e. The molecular weight excluding hydrogens is 464 g/mol. The molecule has 36 heavy (non-hydrogen) atoms. The molecule has 5 aromatic rings. The molecule has 0 amide bonds. The van der Waals surface area contributed by atoms with Gasteiger partial charge in [-0.15, -0.1) is 5.10 Å². The van der Waals surface area contributed by atoms with Crippen molar-refractivity contribution in [3.8, 4) is 23.1 Å². The molecular formula is C24H28N8O4. The molecule has 0 saturated heterocycles. The van der Waals surface area contributed by atoms with E-state index in [0.717, 1.165) is 23.2 Å². The Morgan fingerprint density at radius 1 is 1.00 bits per heavy atom. The van der Waals surface area contributed by atoms with Gasteiger partial charge in [0.2, 0.25) is 5.88 Å². The summed E-state index contributed by atoms with van der Waals surface area (Å²) < 4.78 is 15.6. The molecule has 5 rings (SSSR count). The van der Waals surface area contributed by atoms with E-state index in [-0.39, 0.29) is 17.9 Å². The van der Waals surface area contributed by atoms with Gasteiger partial charge in [0.05, 0.1) is 18.1 Å². The van der Waals surface area contributed by atoms with Crippen LogP contribution >= 0.6 is 0 Å². The van der Waals surface area contributed by atoms with Gasteiger partial charge in [-0.25, -0.2) is 14.8 Å². The van der Waals surface area contributed by atoms with Crippen LogP contribution < -0.4 is 20.7 Å². The Balaban J connectivity index is 1.45. The molecule has 2 N–H and O–H groups in total. The molecule has 0 fully saturated rings. The van der Waals surface area contributed by atoms with Gasteiger partial charge in [0.25, 0.3) is 5.56 Å². The van der Waals surface area contributed by atoms with Crippen LogP contribution in [0.4, 0.5) is 0 Å². The molecule has 0 aliphatic carbocycles. The standard InChI is InChI=1S/C24H28N8O4/c1-5-9-31-22-20(23(33)32(10-6-2)24(31)34)27-21(28-22)17-12-19(29-30(17)3)36-13-18-25-15-8-7-14(35-4)11-16(15)26-18/h7-8,11-12H,5-6,9-10,13H2,1-4H3,(H,25,26)(H,27,28). The van der Waals surface area contributed by atoms with E-state index in [1.165, 1.54) is 4.57 Å². The molecule has 0 saturated carbocycles. The smallest absolute Gasteiger partial charge is 0.332 e. The third-order valence-electron chi connectivity index (χ3n) is 5.95. The van der Waals surface area contributed by atoms with Crippen LogP contribution in [0.15, 0.2) is 33.9 Å². The van der Waals surface area contributed by atoms with Crippen molar-refractivity contribution in [1.29, 1.82) is 0 Å². The number of ether oxygens (including phenoxy) is 2. The zero-order valence-electron chi connectivity index (χ0n) is 20.7. The number of hydrogen-bond donors (Lipinski definition) is 2. The van der Waals surface area contributed by atoms with Gasteiger partial charge < -0.3 is 19.4 Å². The molecule has 12 nitrogen and oxygen atoms in total. The summed E-state index contributed by atoms with van der Waals surface area (Å²) in [5, 5.41) is 4.42. The molecule has 188 valence electrons. The Morgan fingerprint density at radius 3 is 2.53 bits per heavy atom. The molecule has 4 heterocycles. The Labute approximate surface area is 205 Å². The first kappa shape index (κ1) is 23.4. The van der Waals surface area contributed by atoms with Crippen LogP contribution in [0.5, 0.6) is 11.6 Å². The number of benzene rings is 1. The van der Waals surface area contributed by atoms with Gasteiger partial charge in [0.1, 0.15) is 29.4 Å². The van der Waals surface area contributed by atoms with Crippen molar-refractivity contribution in [3.05, 3.63) is 50.9 Å². The summed E-state index contributed by atoms with van der Waals surface area (Å²) in [5.41, 5.74) is 2.21. The number of hydrogen-bond acceptors (Lipinski definition) is 7. The number of nitrogens with one attached hydrogen (secondary N) is 2. The highest BCUT2D eigenvalue weighted by Gasteiger charge is 2.20. The maximum Gasteiger partial charge on any atom is 0.332 e. The first-order chi connectivity index (χ1) is 17.4. The van der Waals surface area contributed by atoms with Crippen molar-refractivity contribution in [2.24, 2.45) is 7.05 Å². The summed E-state index contributed by atoms with van der Waals surface area (Å²) in [5.74, 6) is 2.19. The predicted octanol–water partition coefficient (Wildman–Crippen LogP) is 2.57. The van der Waals surface area contributed by atoms with Gasteiger partial charge in [-0.2, -0.15) is 0 Å². The minimum atomic E-state index is -0.372. The summed E-state index contributed by atoms with van der Waals surface area (Å²) in [6.07, 6.45) is 1.41. The average Bonchev–Trinajstić information content (AvgIpc) is 3.58. The van der Waals surface area contributed by atoms with Crippen LogP contribution in [0.2, 0.25) is 0 Å². The fraction of sp³-hybridized carbons (Fsp3) is 0.375. The lowest BCUT2D eigenvalue weighted by molar-refractivity contribution is 0.283. The lowest BCUT2D eigenvalue weighted by Crippen LogP contribution is -2.40. The number of rotatable bonds is 9. The van der Waals surface area contributed by atoms with Crippen LogP contribution in [0, 0.1) is 0 Å². The van der Waals surface area contributed by atoms with Crippen molar-refractivity contribution in [2.75, 3.05) is 7.11 Å². The maximum atomic E-state index is 13.0. The first-order valence-electron chi connectivity index (χ1n) is 11.9. The third kappa shape index (κ3) is 4.04. The number of H-pyrrole nitrogens is 2. The summed E-state index contributed by atoms with van der Waals surface area (Å²) >= 11 is 0. The Hall–Kier alpha value is -4.35. The molecule has 0 aliphatic heterocycles. The maximum absolute atomic E-state index is 13.0. The third-order valence-corrected chi connectivity index (χ3v) is 5.95. The second-order valence-electron chi connectivity index (χ2n) is 8.52. The zero-order valence-corrected chi connectivity index (χ0v) is 20.7. The van der Waals surface area contributed by atoms with E-state index in [9.17, 15) is 9.59 Å². The van der Waals surface area contributed by atoms with Gasteiger partial charge in [0.15, 0.2) is 11.5 Å². The van der Waals surface area contributed by atoms with Crippen LogP contribution in [0.25, 0.3) is 33.7 Å². The van der Waals surface area contributed by atoms with E-state index in [2.05, 4.69) is 25.0 Å². The second-order valence-corrected chi connectivity index (χ2v) is 8.52. The Kier molecular flexibility index (Phi) is 6.08. The van der Waals surface area contributed by atoms with Crippen LogP contribution in [0.3, 0.4) is 0 Å². The van der Waals surface area contributed by atoms with Crippen LogP contribution in [-0.2, 0) is 26.7 Å². The number of nitrogens with zero attached hydrogens (tertiary/aromatic N) is 6. The fourth-order valence-electron chi connectivity index (χ4n) is 4.25. The molecule has 0 aliphatic rings. The molecule has 0 unspecified atom stereocenters. The quantitative estimate of drug-likeness (QED) is 0.322. The normalized spacial score (nSPS) is 11.6. The number of aryl methyl sites for hydroxylation is 2. The lowest BCUT2D eigenvalue weighted by atomic mass is 10.3. The van der Waals surface area contributed by atoms with E-state index in [0.29, 0.717) is 53.9 Å². The van der Waals surface area contributed by atoms with Gasteiger partial charge in [-0.1, -0.05) is 13.8 Å². The van der Waals surface area contributed by atoms with E-state index in [1.54, 1.807) is 29.5 Å². The molecule has 0 radical (unpaired) electrons. The van der Waals surface area contributed by atoms with Gasteiger partial charge in [0, 0.05) is 32.3 Å². The van der Waals surface area contributed by atoms with E-state index in [4.69, 9.17) is 9.47 Å². The molecule has 0 atom stereocenters. The van der Waals surface area contributed by atoms with Crippen LogP contribution in [-0.4, -0.2) is 46.0 Å². The highest BCUT2D eigenvalue weighted by atomic mass is 16.5. The van der Waals surface area contributed by atoms with Crippen molar-refractivity contribution >= 4 is 22.2 Å². The topological polar surface area (TPSA) is 138 Å². The minimum absolute atomic E-state index is 0.186. The van der Waals surface area contributed by atoms with Crippen LogP contribution in [0.1, 0.15) is 32.5 Å². The summed E-state index contributed by atoms with van der Waals surface area (Å²) in [7, 11) is 3.38. The fourth-order valence-corrected chi connectivity index (χ4v) is 4.25. The summed E-state index contributed by atoms with van der Waals surface area (Å²) in [6, 6.07) is 7.33. The van der Waals surface area contributed by atoms with Crippen molar-refractivity contribution < 1.29 is 9.47 Å².